The number of hydrogen-bond donors (Lipinski definition) is 0. The van der Waals surface area contributed by atoms with Gasteiger partial charge in [0.05, 0.1) is 6.61 Å². The molecule has 1 nitrogen and oxygen atoms in total. The largest absolute Gasteiger partial charge is 0.494 e. The summed E-state index contributed by atoms with van der Waals surface area (Å²) in [6.45, 7) is 13.4. The molecule has 0 heterocycles. The zero-order valence-electron chi connectivity index (χ0n) is 10.9. The number of benzene rings is 1. The molecule has 0 saturated carbocycles. The number of ether oxygens (including phenoxy) is 1. The van der Waals surface area contributed by atoms with Crippen LogP contribution in [-0.2, 0) is 5.41 Å². The Kier molecular flexibility index (Phi) is 6.07. The summed E-state index contributed by atoms with van der Waals surface area (Å²) in [5.41, 5.74) is 1.52. The quantitative estimate of drug-likeness (QED) is 0.699. The van der Waals surface area contributed by atoms with Crippen LogP contribution in [0.25, 0.3) is 0 Å². The van der Waals surface area contributed by atoms with Crippen molar-refractivity contribution in [1.29, 1.82) is 0 Å². The SMILES string of the molecule is CC.CCOc1cccc(C(C)(C)C)c1. The summed E-state index contributed by atoms with van der Waals surface area (Å²) in [4.78, 5) is 0. The lowest BCUT2D eigenvalue weighted by Crippen LogP contribution is -2.10. The molecule has 0 aliphatic heterocycles. The molecule has 0 fully saturated rings. The fourth-order valence-electron chi connectivity index (χ4n) is 1.22. The van der Waals surface area contributed by atoms with E-state index < -0.39 is 0 Å². The lowest BCUT2D eigenvalue weighted by Gasteiger charge is -2.19. The summed E-state index contributed by atoms with van der Waals surface area (Å²) in [6, 6.07) is 8.30. The summed E-state index contributed by atoms with van der Waals surface area (Å²) in [7, 11) is 0. The van der Waals surface area contributed by atoms with Gasteiger partial charge in [-0.25, -0.2) is 0 Å². The molecular weight excluding hydrogens is 184 g/mol. The van der Waals surface area contributed by atoms with Crippen molar-refractivity contribution in [1.82, 2.24) is 0 Å². The van der Waals surface area contributed by atoms with Gasteiger partial charge in [-0.2, -0.15) is 0 Å². The first-order valence-corrected chi connectivity index (χ1v) is 5.77. The van der Waals surface area contributed by atoms with Crippen molar-refractivity contribution in [3.8, 4) is 5.75 Å². The van der Waals surface area contributed by atoms with Gasteiger partial charge in [0.25, 0.3) is 0 Å². The molecule has 0 amide bonds. The zero-order valence-corrected chi connectivity index (χ0v) is 10.9. The summed E-state index contributed by atoms with van der Waals surface area (Å²) < 4.78 is 5.44. The maximum Gasteiger partial charge on any atom is 0.119 e. The van der Waals surface area contributed by atoms with E-state index in [0.717, 1.165) is 12.4 Å². The average molecular weight is 208 g/mol. The summed E-state index contributed by atoms with van der Waals surface area (Å²) in [6.07, 6.45) is 0. The monoisotopic (exact) mass is 208 g/mol. The van der Waals surface area contributed by atoms with Crippen LogP contribution in [0.15, 0.2) is 24.3 Å². The lowest BCUT2D eigenvalue weighted by molar-refractivity contribution is 0.339. The third-order valence-corrected chi connectivity index (χ3v) is 2.01. The highest BCUT2D eigenvalue weighted by Crippen LogP contribution is 2.25. The van der Waals surface area contributed by atoms with Crippen molar-refractivity contribution in [2.75, 3.05) is 6.61 Å². The van der Waals surface area contributed by atoms with Crippen LogP contribution in [-0.4, -0.2) is 6.61 Å². The Bertz CT molecular complexity index is 271. The van der Waals surface area contributed by atoms with Gasteiger partial charge < -0.3 is 4.74 Å². The van der Waals surface area contributed by atoms with E-state index in [4.69, 9.17) is 4.74 Å². The van der Waals surface area contributed by atoms with Gasteiger partial charge in [0.1, 0.15) is 5.75 Å². The molecule has 0 aliphatic rings. The van der Waals surface area contributed by atoms with Crippen LogP contribution in [0.2, 0.25) is 0 Å². The fourth-order valence-corrected chi connectivity index (χ4v) is 1.22. The normalized spacial score (nSPS) is 10.3. The maximum atomic E-state index is 5.44. The van der Waals surface area contributed by atoms with Crippen LogP contribution >= 0.6 is 0 Å². The average Bonchev–Trinajstić information content (AvgIpc) is 2.21. The zero-order chi connectivity index (χ0) is 11.9. The molecule has 0 spiro atoms. The van der Waals surface area contributed by atoms with E-state index in [0.29, 0.717) is 0 Å². The first-order chi connectivity index (χ1) is 7.04. The van der Waals surface area contributed by atoms with E-state index in [9.17, 15) is 0 Å². The van der Waals surface area contributed by atoms with Crippen molar-refractivity contribution in [3.05, 3.63) is 29.8 Å². The molecule has 0 bridgehead atoms. The van der Waals surface area contributed by atoms with E-state index in [1.807, 2.05) is 32.9 Å². The predicted molar refractivity (Wildman–Crippen MR) is 67.7 cm³/mol. The molecule has 0 N–H and O–H groups in total. The molecule has 0 aromatic heterocycles. The third-order valence-electron chi connectivity index (χ3n) is 2.01. The van der Waals surface area contributed by atoms with Crippen molar-refractivity contribution < 1.29 is 4.74 Å². The van der Waals surface area contributed by atoms with E-state index in [2.05, 4.69) is 32.9 Å². The maximum absolute atomic E-state index is 5.44. The second-order valence-corrected chi connectivity index (χ2v) is 4.21. The Labute approximate surface area is 94.5 Å². The lowest BCUT2D eigenvalue weighted by atomic mass is 9.87. The summed E-state index contributed by atoms with van der Waals surface area (Å²) >= 11 is 0. The Morgan fingerprint density at radius 3 is 2.20 bits per heavy atom. The van der Waals surface area contributed by atoms with Crippen LogP contribution in [0.4, 0.5) is 0 Å². The third kappa shape index (κ3) is 4.87. The van der Waals surface area contributed by atoms with Gasteiger partial charge in [0.2, 0.25) is 0 Å². The Morgan fingerprint density at radius 1 is 1.13 bits per heavy atom. The molecule has 0 radical (unpaired) electrons. The Balaban J connectivity index is 0.000000921. The Morgan fingerprint density at radius 2 is 1.73 bits per heavy atom. The molecule has 1 rings (SSSR count). The van der Waals surface area contributed by atoms with Crippen molar-refractivity contribution >= 4 is 0 Å². The standard InChI is InChI=1S/C12H18O.C2H6/c1-5-13-11-8-6-7-10(9-11)12(2,3)4;1-2/h6-9H,5H2,1-4H3;1-2H3. The second kappa shape index (κ2) is 6.49. The predicted octanol–water partition coefficient (Wildman–Crippen LogP) is 4.41. The van der Waals surface area contributed by atoms with Gasteiger partial charge >= 0.3 is 0 Å². The smallest absolute Gasteiger partial charge is 0.119 e. The van der Waals surface area contributed by atoms with Crippen molar-refractivity contribution in [3.63, 3.8) is 0 Å². The molecule has 15 heavy (non-hydrogen) atoms. The molecule has 1 aromatic carbocycles. The van der Waals surface area contributed by atoms with E-state index >= 15 is 0 Å². The molecular formula is C14H24O. The first-order valence-electron chi connectivity index (χ1n) is 5.77. The van der Waals surface area contributed by atoms with Gasteiger partial charge in [-0.1, -0.05) is 46.8 Å². The number of rotatable bonds is 2. The van der Waals surface area contributed by atoms with Gasteiger partial charge in [0, 0.05) is 0 Å². The highest BCUT2D eigenvalue weighted by molar-refractivity contribution is 5.32. The van der Waals surface area contributed by atoms with Crippen molar-refractivity contribution in [2.24, 2.45) is 0 Å². The van der Waals surface area contributed by atoms with Crippen molar-refractivity contribution in [2.45, 2.75) is 47.0 Å². The van der Waals surface area contributed by atoms with Crippen LogP contribution < -0.4 is 4.74 Å². The van der Waals surface area contributed by atoms with E-state index in [1.165, 1.54) is 5.56 Å². The minimum absolute atomic E-state index is 0.201. The molecule has 1 heteroatoms. The van der Waals surface area contributed by atoms with Crippen LogP contribution in [0.5, 0.6) is 5.75 Å². The van der Waals surface area contributed by atoms with Gasteiger partial charge in [-0.15, -0.1) is 0 Å². The minimum atomic E-state index is 0.201. The van der Waals surface area contributed by atoms with E-state index in [-0.39, 0.29) is 5.41 Å². The number of hydrogen-bond acceptors (Lipinski definition) is 1. The highest BCUT2D eigenvalue weighted by atomic mass is 16.5. The molecule has 86 valence electrons. The summed E-state index contributed by atoms with van der Waals surface area (Å²) in [5.74, 6) is 0.968. The molecule has 1 aromatic rings. The van der Waals surface area contributed by atoms with Gasteiger partial charge in [-0.3, -0.25) is 0 Å². The van der Waals surface area contributed by atoms with Crippen LogP contribution in [0.3, 0.4) is 0 Å². The van der Waals surface area contributed by atoms with Crippen LogP contribution in [0, 0.1) is 0 Å². The van der Waals surface area contributed by atoms with Crippen LogP contribution in [0.1, 0.15) is 47.1 Å². The van der Waals surface area contributed by atoms with Gasteiger partial charge in [0.15, 0.2) is 0 Å². The molecule has 0 atom stereocenters. The first kappa shape index (κ1) is 14.0. The van der Waals surface area contributed by atoms with Gasteiger partial charge in [-0.05, 0) is 30.0 Å². The Hall–Kier alpha value is -0.980. The minimum Gasteiger partial charge on any atom is -0.494 e. The molecule has 0 aliphatic carbocycles. The molecule has 0 saturated heterocycles. The second-order valence-electron chi connectivity index (χ2n) is 4.21. The topological polar surface area (TPSA) is 9.23 Å². The molecule has 0 unspecified atom stereocenters. The fraction of sp³-hybridized carbons (Fsp3) is 0.571. The summed E-state index contributed by atoms with van der Waals surface area (Å²) in [5, 5.41) is 0. The van der Waals surface area contributed by atoms with E-state index in [1.54, 1.807) is 0 Å². The highest BCUT2D eigenvalue weighted by Gasteiger charge is 2.13.